The van der Waals surface area contributed by atoms with Gasteiger partial charge in [-0.05, 0) is 44.5 Å². The normalized spacial score (nSPS) is 30.1. The van der Waals surface area contributed by atoms with Gasteiger partial charge in [-0.25, -0.2) is 0 Å². The van der Waals surface area contributed by atoms with Gasteiger partial charge in [0.1, 0.15) is 13.2 Å². The molecule has 104 valence electrons. The summed E-state index contributed by atoms with van der Waals surface area (Å²) in [5.41, 5.74) is 0.915. The maximum atomic E-state index is 6.04. The summed E-state index contributed by atoms with van der Waals surface area (Å²) in [5.74, 6) is 1.67. The first-order chi connectivity index (χ1) is 9.21. The van der Waals surface area contributed by atoms with E-state index in [0.717, 1.165) is 36.5 Å². The number of hydrogen-bond acceptors (Lipinski definition) is 4. The summed E-state index contributed by atoms with van der Waals surface area (Å²) in [6.07, 6.45) is 2.04. The quantitative estimate of drug-likeness (QED) is 0.886. The summed E-state index contributed by atoms with van der Waals surface area (Å²) >= 11 is 0. The third kappa shape index (κ3) is 2.42. The Bertz CT molecular complexity index is 463. The Morgan fingerprint density at radius 1 is 1.16 bits per heavy atom. The van der Waals surface area contributed by atoms with E-state index in [-0.39, 0.29) is 5.60 Å². The number of fused-ring (bicyclic) bond motifs is 1. The summed E-state index contributed by atoms with van der Waals surface area (Å²) in [6.45, 7) is 4.19. The highest BCUT2D eigenvalue weighted by Crippen LogP contribution is 2.39. The largest absolute Gasteiger partial charge is 0.486 e. The van der Waals surface area contributed by atoms with Crippen LogP contribution >= 0.6 is 0 Å². The second-order valence-electron chi connectivity index (χ2n) is 5.42. The molecule has 1 aromatic carbocycles. The summed E-state index contributed by atoms with van der Waals surface area (Å²) in [5, 5.41) is 3.36. The van der Waals surface area contributed by atoms with Crippen molar-refractivity contribution in [2.75, 3.05) is 26.9 Å². The molecule has 4 heteroatoms. The van der Waals surface area contributed by atoms with Gasteiger partial charge in [0.15, 0.2) is 11.5 Å². The maximum absolute atomic E-state index is 6.04. The van der Waals surface area contributed by atoms with Crippen LogP contribution in [0.25, 0.3) is 0 Å². The monoisotopic (exact) mass is 263 g/mol. The fourth-order valence-electron chi connectivity index (χ4n) is 2.88. The van der Waals surface area contributed by atoms with Crippen LogP contribution in [0.4, 0.5) is 0 Å². The average molecular weight is 263 g/mol. The van der Waals surface area contributed by atoms with Crippen LogP contribution < -0.4 is 14.8 Å². The van der Waals surface area contributed by atoms with E-state index in [1.54, 1.807) is 0 Å². The lowest BCUT2D eigenvalue weighted by atomic mass is 9.85. The highest BCUT2D eigenvalue weighted by molar-refractivity contribution is 5.45. The minimum Gasteiger partial charge on any atom is -0.486 e. The molecule has 0 aromatic heterocycles. The second kappa shape index (κ2) is 5.02. The fourth-order valence-corrected chi connectivity index (χ4v) is 2.88. The number of hydrogen-bond donors (Lipinski definition) is 1. The average Bonchev–Trinajstić information content (AvgIpc) is 2.46. The Hall–Kier alpha value is -1.26. The summed E-state index contributed by atoms with van der Waals surface area (Å²) in [7, 11) is 2.01. The maximum Gasteiger partial charge on any atom is 0.161 e. The molecule has 1 aromatic rings. The zero-order valence-corrected chi connectivity index (χ0v) is 11.6. The first kappa shape index (κ1) is 12.8. The van der Waals surface area contributed by atoms with Gasteiger partial charge in [0.25, 0.3) is 0 Å². The van der Waals surface area contributed by atoms with Crippen molar-refractivity contribution >= 4 is 0 Å². The minimum absolute atomic E-state index is 0.248. The van der Waals surface area contributed by atoms with E-state index in [1.807, 2.05) is 13.1 Å². The molecule has 1 saturated heterocycles. The molecule has 0 aliphatic carbocycles. The molecule has 2 unspecified atom stereocenters. The van der Waals surface area contributed by atoms with E-state index < -0.39 is 0 Å². The molecule has 2 atom stereocenters. The Kier molecular flexibility index (Phi) is 3.37. The molecular formula is C15H21NO3. The Morgan fingerprint density at radius 2 is 1.95 bits per heavy atom. The van der Waals surface area contributed by atoms with Crippen molar-refractivity contribution in [3.05, 3.63) is 23.8 Å². The molecule has 0 spiro atoms. The van der Waals surface area contributed by atoms with Crippen LogP contribution in [-0.4, -0.2) is 32.9 Å². The lowest BCUT2D eigenvalue weighted by Gasteiger charge is -2.39. The molecule has 2 aliphatic heterocycles. The van der Waals surface area contributed by atoms with Gasteiger partial charge in [-0.3, -0.25) is 0 Å². The van der Waals surface area contributed by atoms with Gasteiger partial charge >= 0.3 is 0 Å². The standard InChI is InChI=1S/C15H21NO3/c1-15(10-12(16-2)5-6-19-15)11-3-4-13-14(9-11)18-8-7-17-13/h3-4,9,12,16H,5-8,10H2,1-2H3. The molecule has 0 bridgehead atoms. The molecule has 19 heavy (non-hydrogen) atoms. The van der Waals surface area contributed by atoms with Crippen LogP contribution in [0.3, 0.4) is 0 Å². The van der Waals surface area contributed by atoms with E-state index in [9.17, 15) is 0 Å². The minimum atomic E-state index is -0.248. The summed E-state index contributed by atoms with van der Waals surface area (Å²) < 4.78 is 17.3. The Morgan fingerprint density at radius 3 is 2.74 bits per heavy atom. The van der Waals surface area contributed by atoms with Crippen LogP contribution in [0.2, 0.25) is 0 Å². The van der Waals surface area contributed by atoms with Crippen molar-refractivity contribution in [3.63, 3.8) is 0 Å². The van der Waals surface area contributed by atoms with Crippen LogP contribution in [0.1, 0.15) is 25.3 Å². The van der Waals surface area contributed by atoms with Crippen LogP contribution in [0, 0.1) is 0 Å². The Balaban J connectivity index is 1.88. The Labute approximate surface area is 114 Å². The van der Waals surface area contributed by atoms with E-state index >= 15 is 0 Å². The van der Waals surface area contributed by atoms with E-state index in [1.165, 1.54) is 0 Å². The van der Waals surface area contributed by atoms with Crippen molar-refractivity contribution < 1.29 is 14.2 Å². The number of nitrogens with one attached hydrogen (secondary N) is 1. The fraction of sp³-hybridized carbons (Fsp3) is 0.600. The lowest BCUT2D eigenvalue weighted by molar-refractivity contribution is -0.0806. The predicted octanol–water partition coefficient (Wildman–Crippen LogP) is 2.07. The number of benzene rings is 1. The lowest BCUT2D eigenvalue weighted by Crippen LogP contribution is -2.42. The van der Waals surface area contributed by atoms with E-state index in [2.05, 4.69) is 24.4 Å². The summed E-state index contributed by atoms with van der Waals surface area (Å²) in [6, 6.07) is 6.64. The second-order valence-corrected chi connectivity index (χ2v) is 5.42. The third-order valence-corrected chi connectivity index (χ3v) is 4.08. The summed E-state index contributed by atoms with van der Waals surface area (Å²) in [4.78, 5) is 0. The van der Waals surface area contributed by atoms with Crippen molar-refractivity contribution in [2.45, 2.75) is 31.4 Å². The SMILES string of the molecule is CNC1CCOC(C)(c2ccc3c(c2)OCCO3)C1. The molecule has 2 heterocycles. The van der Waals surface area contributed by atoms with E-state index in [0.29, 0.717) is 19.3 Å². The van der Waals surface area contributed by atoms with Crippen LogP contribution in [0.5, 0.6) is 11.5 Å². The molecule has 1 N–H and O–H groups in total. The first-order valence-corrected chi connectivity index (χ1v) is 6.93. The molecule has 1 fully saturated rings. The molecule has 4 nitrogen and oxygen atoms in total. The van der Waals surface area contributed by atoms with Crippen molar-refractivity contribution in [3.8, 4) is 11.5 Å². The van der Waals surface area contributed by atoms with Crippen molar-refractivity contribution in [1.82, 2.24) is 5.32 Å². The molecule has 0 saturated carbocycles. The van der Waals surface area contributed by atoms with Gasteiger partial charge in [-0.1, -0.05) is 6.07 Å². The van der Waals surface area contributed by atoms with E-state index in [4.69, 9.17) is 14.2 Å². The zero-order valence-electron chi connectivity index (χ0n) is 11.6. The van der Waals surface area contributed by atoms with Gasteiger partial charge < -0.3 is 19.5 Å². The van der Waals surface area contributed by atoms with Gasteiger partial charge in [-0.15, -0.1) is 0 Å². The first-order valence-electron chi connectivity index (χ1n) is 6.93. The highest BCUT2D eigenvalue weighted by atomic mass is 16.6. The smallest absolute Gasteiger partial charge is 0.161 e. The van der Waals surface area contributed by atoms with Gasteiger partial charge in [0.2, 0.25) is 0 Å². The molecular weight excluding hydrogens is 242 g/mol. The van der Waals surface area contributed by atoms with Crippen LogP contribution in [0.15, 0.2) is 18.2 Å². The molecule has 0 radical (unpaired) electrons. The molecule has 3 rings (SSSR count). The third-order valence-electron chi connectivity index (χ3n) is 4.08. The van der Waals surface area contributed by atoms with Crippen molar-refractivity contribution in [1.29, 1.82) is 0 Å². The van der Waals surface area contributed by atoms with Gasteiger partial charge in [0.05, 0.1) is 5.60 Å². The highest BCUT2D eigenvalue weighted by Gasteiger charge is 2.35. The molecule has 0 amide bonds. The van der Waals surface area contributed by atoms with Gasteiger partial charge in [0, 0.05) is 12.6 Å². The molecule has 2 aliphatic rings. The van der Waals surface area contributed by atoms with Crippen molar-refractivity contribution in [2.24, 2.45) is 0 Å². The topological polar surface area (TPSA) is 39.7 Å². The zero-order chi connectivity index (χ0) is 13.3. The number of ether oxygens (including phenoxy) is 3. The number of rotatable bonds is 2. The van der Waals surface area contributed by atoms with Gasteiger partial charge in [-0.2, -0.15) is 0 Å². The predicted molar refractivity (Wildman–Crippen MR) is 72.8 cm³/mol. The van der Waals surface area contributed by atoms with Crippen LogP contribution in [-0.2, 0) is 10.3 Å².